The molecule has 0 saturated heterocycles. The molecule has 0 atom stereocenters. The Bertz CT molecular complexity index is 129. The lowest BCUT2D eigenvalue weighted by Crippen LogP contribution is -2.19. The summed E-state index contributed by atoms with van der Waals surface area (Å²) in [6.07, 6.45) is 1.04. The molecule has 0 aromatic rings. The number of hydrogen-bond donors (Lipinski definition) is 1. The highest BCUT2D eigenvalue weighted by Gasteiger charge is 2.28. The normalized spacial score (nSPS) is 11.0. The van der Waals surface area contributed by atoms with Gasteiger partial charge in [0.25, 0.3) is 5.92 Å². The zero-order valence-corrected chi connectivity index (χ0v) is 5.80. The Morgan fingerprint density at radius 1 is 1.67 bits per heavy atom. The van der Waals surface area contributed by atoms with Crippen LogP contribution >= 0.6 is 12.6 Å². The van der Waals surface area contributed by atoms with Crippen molar-refractivity contribution in [1.29, 1.82) is 0 Å². The Morgan fingerprint density at radius 3 is 2.22 bits per heavy atom. The highest BCUT2D eigenvalue weighted by Crippen LogP contribution is 2.23. The predicted octanol–water partition coefficient (Wildman–Crippen LogP) is 2.29. The smallest absolute Gasteiger partial charge is 0.200 e. The third-order valence-corrected chi connectivity index (χ3v) is 1.31. The molecule has 52 valence electrons. The van der Waals surface area contributed by atoms with Crippen molar-refractivity contribution in [2.24, 2.45) is 0 Å². The summed E-state index contributed by atoms with van der Waals surface area (Å²) in [4.78, 5) is 0. The van der Waals surface area contributed by atoms with Crippen molar-refractivity contribution in [2.75, 3.05) is 5.75 Å². The van der Waals surface area contributed by atoms with Crippen molar-refractivity contribution in [1.82, 2.24) is 0 Å². The predicted molar refractivity (Wildman–Crippen MR) is 38.1 cm³/mol. The van der Waals surface area contributed by atoms with Gasteiger partial charge in [-0.3, -0.25) is 0 Å². The van der Waals surface area contributed by atoms with Crippen molar-refractivity contribution in [2.45, 2.75) is 5.92 Å². The van der Waals surface area contributed by atoms with E-state index in [0.717, 1.165) is 6.08 Å². The molecule has 0 bridgehead atoms. The van der Waals surface area contributed by atoms with E-state index in [0.29, 0.717) is 0 Å². The van der Waals surface area contributed by atoms with E-state index in [1.807, 2.05) is 0 Å². The average Bonchev–Trinajstić information content (AvgIpc) is 1.86. The standard InChI is InChI=1S/C6H8F2S/c1-3-5(2)6(7,8)4-9/h3,9H,1-2,4H2. The first kappa shape index (κ1) is 8.69. The monoisotopic (exact) mass is 150 g/mol. The number of hydrogen-bond acceptors (Lipinski definition) is 1. The van der Waals surface area contributed by atoms with Gasteiger partial charge in [-0.25, -0.2) is 8.78 Å². The van der Waals surface area contributed by atoms with E-state index in [-0.39, 0.29) is 5.57 Å². The molecule has 9 heavy (non-hydrogen) atoms. The quantitative estimate of drug-likeness (QED) is 0.463. The summed E-state index contributed by atoms with van der Waals surface area (Å²) in [5, 5.41) is 0. The molecule has 0 aliphatic heterocycles. The van der Waals surface area contributed by atoms with Gasteiger partial charge >= 0.3 is 0 Å². The molecule has 0 spiro atoms. The third kappa shape index (κ3) is 2.18. The van der Waals surface area contributed by atoms with Crippen LogP contribution in [0.15, 0.2) is 24.8 Å². The van der Waals surface area contributed by atoms with Crippen LogP contribution in [0.2, 0.25) is 0 Å². The van der Waals surface area contributed by atoms with Crippen LogP contribution in [0.1, 0.15) is 0 Å². The van der Waals surface area contributed by atoms with E-state index in [2.05, 4.69) is 25.8 Å². The van der Waals surface area contributed by atoms with Crippen LogP contribution in [-0.2, 0) is 0 Å². The number of rotatable bonds is 3. The molecule has 0 heterocycles. The Morgan fingerprint density at radius 2 is 2.11 bits per heavy atom. The van der Waals surface area contributed by atoms with Crippen molar-refractivity contribution >= 4 is 12.6 Å². The lowest BCUT2D eigenvalue weighted by atomic mass is 10.2. The van der Waals surface area contributed by atoms with Crippen LogP contribution in [0.5, 0.6) is 0 Å². The fourth-order valence-corrected chi connectivity index (χ4v) is 0.454. The van der Waals surface area contributed by atoms with Gasteiger partial charge in [-0.1, -0.05) is 19.2 Å². The van der Waals surface area contributed by atoms with E-state index in [1.54, 1.807) is 0 Å². The van der Waals surface area contributed by atoms with Gasteiger partial charge < -0.3 is 0 Å². The summed E-state index contributed by atoms with van der Waals surface area (Å²) in [5.41, 5.74) is -0.280. The second-order valence-electron chi connectivity index (χ2n) is 1.59. The Labute approximate surface area is 58.7 Å². The van der Waals surface area contributed by atoms with Crippen LogP contribution in [-0.4, -0.2) is 11.7 Å². The van der Waals surface area contributed by atoms with Crippen LogP contribution in [0, 0.1) is 0 Å². The van der Waals surface area contributed by atoms with Crippen LogP contribution in [0.4, 0.5) is 8.78 Å². The van der Waals surface area contributed by atoms with Crippen LogP contribution < -0.4 is 0 Å². The van der Waals surface area contributed by atoms with Gasteiger partial charge in [-0.2, -0.15) is 12.6 Å². The van der Waals surface area contributed by atoms with Crippen LogP contribution in [0.3, 0.4) is 0 Å². The molecule has 0 aromatic carbocycles. The number of alkyl halides is 2. The molecule has 3 heteroatoms. The van der Waals surface area contributed by atoms with Gasteiger partial charge in [0, 0.05) is 5.57 Å². The Hall–Kier alpha value is -0.310. The number of halogens is 2. The summed E-state index contributed by atoms with van der Waals surface area (Å²) in [6, 6.07) is 0. The summed E-state index contributed by atoms with van der Waals surface area (Å²) in [7, 11) is 0. The van der Waals surface area contributed by atoms with E-state index in [9.17, 15) is 8.78 Å². The van der Waals surface area contributed by atoms with E-state index < -0.39 is 11.7 Å². The second-order valence-corrected chi connectivity index (χ2v) is 1.91. The summed E-state index contributed by atoms with van der Waals surface area (Å²) in [6.45, 7) is 6.26. The zero-order valence-electron chi connectivity index (χ0n) is 4.90. The minimum Gasteiger partial charge on any atom is -0.200 e. The second kappa shape index (κ2) is 3.01. The Balaban J connectivity index is 4.13. The minimum absolute atomic E-state index is 0.280. The highest BCUT2D eigenvalue weighted by molar-refractivity contribution is 7.80. The van der Waals surface area contributed by atoms with Gasteiger partial charge in [-0.05, 0) is 0 Å². The molecule has 0 unspecified atom stereocenters. The lowest BCUT2D eigenvalue weighted by molar-refractivity contribution is 0.0740. The zero-order chi connectivity index (χ0) is 7.49. The maximum absolute atomic E-state index is 12.3. The molecule has 0 saturated carbocycles. The third-order valence-electron chi connectivity index (χ3n) is 0.915. The number of allylic oxidation sites excluding steroid dienone is 2. The fraction of sp³-hybridized carbons (Fsp3) is 0.333. The molecule has 0 amide bonds. The van der Waals surface area contributed by atoms with Gasteiger partial charge in [0.15, 0.2) is 0 Å². The maximum atomic E-state index is 12.3. The fourth-order valence-electron chi connectivity index (χ4n) is 0.251. The van der Waals surface area contributed by atoms with Gasteiger partial charge in [0.2, 0.25) is 0 Å². The first-order chi connectivity index (χ1) is 4.04. The summed E-state index contributed by atoms with van der Waals surface area (Å²) < 4.78 is 24.6. The first-order valence-corrected chi connectivity index (χ1v) is 2.98. The average molecular weight is 150 g/mol. The van der Waals surface area contributed by atoms with Gasteiger partial charge in [0.05, 0.1) is 5.75 Å². The lowest BCUT2D eigenvalue weighted by Gasteiger charge is -2.12. The topological polar surface area (TPSA) is 0 Å². The van der Waals surface area contributed by atoms with Crippen molar-refractivity contribution in [3.05, 3.63) is 24.8 Å². The molecule has 0 N–H and O–H groups in total. The molecule has 0 aliphatic rings. The molecule has 0 aliphatic carbocycles. The molecule has 0 fully saturated rings. The minimum atomic E-state index is -2.90. The highest BCUT2D eigenvalue weighted by atomic mass is 32.1. The maximum Gasteiger partial charge on any atom is 0.281 e. The van der Waals surface area contributed by atoms with Gasteiger partial charge in [0.1, 0.15) is 0 Å². The van der Waals surface area contributed by atoms with Crippen LogP contribution in [0.25, 0.3) is 0 Å². The first-order valence-electron chi connectivity index (χ1n) is 2.35. The van der Waals surface area contributed by atoms with Gasteiger partial charge in [-0.15, -0.1) is 0 Å². The van der Waals surface area contributed by atoms with Crippen molar-refractivity contribution < 1.29 is 8.78 Å². The van der Waals surface area contributed by atoms with E-state index in [4.69, 9.17) is 0 Å². The summed E-state index contributed by atoms with van der Waals surface area (Å²) in [5.74, 6) is -3.41. The van der Waals surface area contributed by atoms with Crippen molar-refractivity contribution in [3.8, 4) is 0 Å². The largest absolute Gasteiger partial charge is 0.281 e. The molecule has 0 nitrogen and oxygen atoms in total. The van der Waals surface area contributed by atoms with E-state index in [1.165, 1.54) is 0 Å². The molecular formula is C6H8F2S. The molecular weight excluding hydrogens is 142 g/mol. The SMILES string of the molecule is C=CC(=C)C(F)(F)CS. The van der Waals surface area contributed by atoms with E-state index >= 15 is 0 Å². The van der Waals surface area contributed by atoms with Crippen molar-refractivity contribution in [3.63, 3.8) is 0 Å². The molecule has 0 aromatic heterocycles. The molecule has 0 rings (SSSR count). The summed E-state index contributed by atoms with van der Waals surface area (Å²) >= 11 is 3.44. The number of thiol groups is 1. The Kier molecular flexibility index (Phi) is 2.91. The molecule has 0 radical (unpaired) electrons.